The molecule has 0 saturated heterocycles. The van der Waals surface area contributed by atoms with E-state index >= 15 is 0 Å². The van der Waals surface area contributed by atoms with Gasteiger partial charge in [0.05, 0.1) is 23.9 Å². The lowest BCUT2D eigenvalue weighted by molar-refractivity contribution is 0.217. The third-order valence-corrected chi connectivity index (χ3v) is 4.26. The molecule has 0 bridgehead atoms. The molecule has 0 fully saturated rings. The molecule has 0 N–H and O–H groups in total. The second-order valence-corrected chi connectivity index (χ2v) is 7.59. The number of ether oxygens (including phenoxy) is 1. The van der Waals surface area contributed by atoms with Gasteiger partial charge in [-0.15, -0.1) is 0 Å². The maximum absolute atomic E-state index is 11.0. The molecular formula is C5H11ClO5S2. The van der Waals surface area contributed by atoms with Gasteiger partial charge in [-0.3, -0.25) is 0 Å². The van der Waals surface area contributed by atoms with Gasteiger partial charge in [0.1, 0.15) is 0 Å². The maximum atomic E-state index is 11.0. The number of sulfone groups is 1. The number of halogens is 1. The lowest BCUT2D eigenvalue weighted by Crippen LogP contribution is -2.19. The maximum Gasteiger partial charge on any atom is 0.233 e. The van der Waals surface area contributed by atoms with Gasteiger partial charge < -0.3 is 4.74 Å². The summed E-state index contributed by atoms with van der Waals surface area (Å²) in [7, 11) is -0.877. The van der Waals surface area contributed by atoms with Gasteiger partial charge in [-0.1, -0.05) is 0 Å². The molecule has 5 nitrogen and oxygen atoms in total. The third kappa shape index (κ3) is 8.48. The van der Waals surface area contributed by atoms with Gasteiger partial charge in [-0.25, -0.2) is 16.8 Å². The fourth-order valence-electron chi connectivity index (χ4n) is 0.539. The zero-order valence-electron chi connectivity index (χ0n) is 7.06. The van der Waals surface area contributed by atoms with Crippen LogP contribution in [0.1, 0.15) is 0 Å². The Morgan fingerprint density at radius 1 is 1.08 bits per heavy atom. The molecule has 0 radical (unpaired) electrons. The van der Waals surface area contributed by atoms with Crippen molar-refractivity contribution in [1.29, 1.82) is 0 Å². The molecule has 0 atom stereocenters. The van der Waals surface area contributed by atoms with Gasteiger partial charge in [0.25, 0.3) is 0 Å². The first-order valence-electron chi connectivity index (χ1n) is 3.38. The van der Waals surface area contributed by atoms with Crippen LogP contribution in [0, 0.1) is 0 Å². The molecule has 0 spiro atoms. The van der Waals surface area contributed by atoms with Crippen molar-refractivity contribution in [1.82, 2.24) is 0 Å². The summed E-state index contributed by atoms with van der Waals surface area (Å²) in [4.78, 5) is 0. The molecule has 0 heterocycles. The fourth-order valence-corrected chi connectivity index (χ4v) is 3.54. The van der Waals surface area contributed by atoms with E-state index in [1.54, 1.807) is 0 Å². The molecule has 0 aromatic heterocycles. The molecule has 0 amide bonds. The van der Waals surface area contributed by atoms with Crippen LogP contribution in [0.3, 0.4) is 0 Å². The number of rotatable bonds is 6. The largest absolute Gasteiger partial charge is 0.384 e. The predicted octanol–water partition coefficient (Wildman–Crippen LogP) is -0.384. The van der Waals surface area contributed by atoms with E-state index in [4.69, 9.17) is 10.7 Å². The van der Waals surface area contributed by atoms with Crippen LogP contribution in [-0.4, -0.2) is 47.8 Å². The minimum Gasteiger partial charge on any atom is -0.384 e. The summed E-state index contributed by atoms with van der Waals surface area (Å²) in [6, 6.07) is 0. The normalized spacial score (nSPS) is 13.1. The van der Waals surface area contributed by atoms with Crippen molar-refractivity contribution in [2.45, 2.75) is 0 Å². The Hall–Kier alpha value is 0.150. The van der Waals surface area contributed by atoms with E-state index in [0.717, 1.165) is 0 Å². The zero-order chi connectivity index (χ0) is 10.5. The van der Waals surface area contributed by atoms with E-state index in [2.05, 4.69) is 4.74 Å². The lowest BCUT2D eigenvalue weighted by Gasteiger charge is -2.01. The van der Waals surface area contributed by atoms with Crippen molar-refractivity contribution in [2.75, 3.05) is 31.0 Å². The highest BCUT2D eigenvalue weighted by Gasteiger charge is 2.15. The molecule has 0 rings (SSSR count). The van der Waals surface area contributed by atoms with Crippen molar-refractivity contribution >= 4 is 29.6 Å². The highest BCUT2D eigenvalue weighted by molar-refractivity contribution is 8.14. The van der Waals surface area contributed by atoms with Crippen molar-refractivity contribution in [3.05, 3.63) is 0 Å². The Morgan fingerprint density at radius 3 is 2.00 bits per heavy atom. The van der Waals surface area contributed by atoms with E-state index in [0.29, 0.717) is 0 Å². The molecule has 0 aliphatic heterocycles. The first-order valence-corrected chi connectivity index (χ1v) is 7.68. The smallest absolute Gasteiger partial charge is 0.233 e. The predicted molar refractivity (Wildman–Crippen MR) is 50.2 cm³/mol. The average Bonchev–Trinajstić information content (AvgIpc) is 1.97. The van der Waals surface area contributed by atoms with Gasteiger partial charge in [0.15, 0.2) is 9.84 Å². The Bertz CT molecular complexity index is 330. The number of methoxy groups -OCH3 is 1. The molecule has 80 valence electrons. The molecule has 0 aliphatic rings. The first-order chi connectivity index (χ1) is 5.77. The van der Waals surface area contributed by atoms with Crippen LogP contribution >= 0.6 is 10.7 Å². The quantitative estimate of drug-likeness (QED) is 0.601. The van der Waals surface area contributed by atoms with Crippen LogP contribution in [0.2, 0.25) is 0 Å². The number of hydrogen-bond donors (Lipinski definition) is 0. The summed E-state index contributed by atoms with van der Waals surface area (Å²) >= 11 is 0. The molecule has 13 heavy (non-hydrogen) atoms. The van der Waals surface area contributed by atoms with Crippen LogP contribution in [0.15, 0.2) is 0 Å². The highest BCUT2D eigenvalue weighted by Crippen LogP contribution is 1.99. The molecule has 0 aromatic carbocycles. The molecule has 0 unspecified atom stereocenters. The van der Waals surface area contributed by atoms with Crippen molar-refractivity contribution in [2.24, 2.45) is 0 Å². The van der Waals surface area contributed by atoms with Crippen LogP contribution in [0.25, 0.3) is 0 Å². The van der Waals surface area contributed by atoms with Crippen LogP contribution in [-0.2, 0) is 23.6 Å². The minimum atomic E-state index is -3.73. The third-order valence-electron chi connectivity index (χ3n) is 1.24. The fraction of sp³-hybridized carbons (Fsp3) is 1.00. The van der Waals surface area contributed by atoms with Crippen molar-refractivity contribution in [3.8, 4) is 0 Å². The van der Waals surface area contributed by atoms with Crippen LogP contribution in [0.5, 0.6) is 0 Å². The van der Waals surface area contributed by atoms with Gasteiger partial charge in [-0.05, 0) is 0 Å². The van der Waals surface area contributed by atoms with E-state index in [9.17, 15) is 16.8 Å². The van der Waals surface area contributed by atoms with Crippen molar-refractivity contribution < 1.29 is 21.6 Å². The van der Waals surface area contributed by atoms with E-state index in [1.807, 2.05) is 0 Å². The van der Waals surface area contributed by atoms with E-state index < -0.39 is 30.4 Å². The molecule has 8 heteroatoms. The second kappa shape index (κ2) is 5.14. The van der Waals surface area contributed by atoms with Crippen LogP contribution in [0.4, 0.5) is 0 Å². The van der Waals surface area contributed by atoms with Crippen LogP contribution < -0.4 is 0 Å². The topological polar surface area (TPSA) is 77.5 Å². The average molecular weight is 251 g/mol. The van der Waals surface area contributed by atoms with Gasteiger partial charge in [0.2, 0.25) is 9.05 Å². The summed E-state index contributed by atoms with van der Waals surface area (Å²) in [6.07, 6.45) is 0. The monoisotopic (exact) mass is 250 g/mol. The second-order valence-electron chi connectivity index (χ2n) is 2.39. The van der Waals surface area contributed by atoms with Gasteiger partial charge >= 0.3 is 0 Å². The van der Waals surface area contributed by atoms with E-state index in [1.165, 1.54) is 7.11 Å². The molecular weight excluding hydrogens is 240 g/mol. The Kier molecular flexibility index (Phi) is 5.19. The highest BCUT2D eigenvalue weighted by atomic mass is 35.7. The summed E-state index contributed by atoms with van der Waals surface area (Å²) < 4.78 is 47.5. The molecule has 0 aliphatic carbocycles. The van der Waals surface area contributed by atoms with Gasteiger partial charge in [0, 0.05) is 17.8 Å². The zero-order valence-corrected chi connectivity index (χ0v) is 9.45. The SMILES string of the molecule is COCCS(=O)(=O)CCS(=O)(=O)Cl. The first kappa shape index (κ1) is 13.2. The Morgan fingerprint density at radius 2 is 1.62 bits per heavy atom. The molecule has 0 saturated carbocycles. The van der Waals surface area contributed by atoms with E-state index in [-0.39, 0.29) is 12.4 Å². The Labute approximate surface area is 82.4 Å². The van der Waals surface area contributed by atoms with Gasteiger partial charge in [-0.2, -0.15) is 0 Å². The summed E-state index contributed by atoms with van der Waals surface area (Å²) in [5.41, 5.74) is 0. The van der Waals surface area contributed by atoms with Crippen molar-refractivity contribution in [3.63, 3.8) is 0 Å². The standard InChI is InChI=1S/C5H11ClO5S2/c1-11-2-3-12(7,8)4-5-13(6,9)10/h2-5H2,1H3. The molecule has 0 aromatic rings. The number of hydrogen-bond acceptors (Lipinski definition) is 5. The summed E-state index contributed by atoms with van der Waals surface area (Å²) in [5, 5.41) is 0. The Balaban J connectivity index is 4.05. The minimum absolute atomic E-state index is 0.0602. The summed E-state index contributed by atoms with van der Waals surface area (Å²) in [6.45, 7) is 0.0602. The lowest BCUT2D eigenvalue weighted by atomic mass is 10.9. The summed E-state index contributed by atoms with van der Waals surface area (Å²) in [5.74, 6) is -1.20.